The number of rotatable bonds is 6. The molecule has 0 atom stereocenters. The van der Waals surface area contributed by atoms with E-state index in [0.717, 1.165) is 22.0 Å². The summed E-state index contributed by atoms with van der Waals surface area (Å²) in [5, 5.41) is 3.26. The number of aromatic nitrogens is 1. The molecular weight excluding hydrogens is 589 g/mol. The second-order valence-corrected chi connectivity index (χ2v) is 15.8. The highest BCUT2D eigenvalue weighted by atomic mass is 31.2. The van der Waals surface area contributed by atoms with E-state index < -0.39 is 7.14 Å². The van der Waals surface area contributed by atoms with Crippen molar-refractivity contribution in [1.29, 1.82) is 0 Å². The van der Waals surface area contributed by atoms with Gasteiger partial charge in [0, 0.05) is 21.8 Å². The molecule has 1 aromatic heterocycles. The summed E-state index contributed by atoms with van der Waals surface area (Å²) in [6, 6.07) is 60.4. The Hall–Kier alpha value is -5.43. The van der Waals surface area contributed by atoms with Crippen LogP contribution in [0, 0.1) is 0 Å². The minimum absolute atomic E-state index is 0.884. The average Bonchev–Trinajstić information content (AvgIpc) is 3.45. The van der Waals surface area contributed by atoms with Gasteiger partial charge in [-0.25, -0.2) is 0 Å². The lowest BCUT2D eigenvalue weighted by Gasteiger charge is -2.13. The van der Waals surface area contributed by atoms with E-state index in [-0.39, 0.29) is 0 Å². The summed E-state index contributed by atoms with van der Waals surface area (Å²) >= 11 is 0. The molecule has 226 valence electrons. The number of benzene rings is 7. The molecule has 0 N–H and O–H groups in total. The second kappa shape index (κ2) is 11.7. The van der Waals surface area contributed by atoms with E-state index in [2.05, 4.69) is 150 Å². The highest BCUT2D eigenvalue weighted by Gasteiger charge is 2.17. The quantitative estimate of drug-likeness (QED) is 0.169. The van der Waals surface area contributed by atoms with Crippen LogP contribution < -0.4 is 5.30 Å². The van der Waals surface area contributed by atoms with Gasteiger partial charge in [0.25, 0.3) is 0 Å². The van der Waals surface area contributed by atoms with Crippen molar-refractivity contribution < 1.29 is 4.57 Å². The van der Waals surface area contributed by atoms with Crippen LogP contribution in [0.3, 0.4) is 0 Å². The molecule has 0 spiro atoms. The normalized spacial score (nSPS) is 11.7. The topological polar surface area (TPSA) is 22.0 Å². The van der Waals surface area contributed by atoms with Gasteiger partial charge in [0.1, 0.15) is 7.14 Å². The Kier molecular flexibility index (Phi) is 7.24. The average molecular weight is 624 g/mol. The Bertz CT molecular complexity index is 2280. The maximum atomic E-state index is 13.1. The fraction of sp³-hybridized carbons (Fsp3) is 0.0455. The lowest BCUT2D eigenvalue weighted by atomic mass is 9.97. The van der Waals surface area contributed by atoms with Crippen LogP contribution >= 0.6 is 7.14 Å². The van der Waals surface area contributed by atoms with Crippen molar-refractivity contribution in [2.75, 3.05) is 13.3 Å². The molecule has 0 bridgehead atoms. The Balaban J connectivity index is 1.28. The Morgan fingerprint density at radius 3 is 1.19 bits per heavy atom. The molecule has 7 aromatic carbocycles. The van der Waals surface area contributed by atoms with E-state index in [4.69, 9.17) is 0 Å². The standard InChI is InChI=1S/C44H34NOP/c1-47(2,46)40-15-9-14-39(30-40)45-43-26-24-37(35-20-16-33(17-21-35)31-10-5-3-6-11-31)28-41(43)42-29-38(25-27-44(42)45)36-22-18-34(19-23-36)32-12-7-4-8-13-32/h3-30H,1-2H3. The molecule has 8 aromatic rings. The van der Waals surface area contributed by atoms with Crippen molar-refractivity contribution in [1.82, 2.24) is 4.57 Å². The minimum atomic E-state index is -2.43. The van der Waals surface area contributed by atoms with Gasteiger partial charge >= 0.3 is 0 Å². The molecule has 8 rings (SSSR count). The summed E-state index contributed by atoms with van der Waals surface area (Å²) in [4.78, 5) is 0. The Morgan fingerprint density at radius 1 is 0.383 bits per heavy atom. The summed E-state index contributed by atoms with van der Waals surface area (Å²) in [5.74, 6) is 0. The monoisotopic (exact) mass is 623 g/mol. The summed E-state index contributed by atoms with van der Waals surface area (Å²) in [7, 11) is -2.43. The molecule has 47 heavy (non-hydrogen) atoms. The molecule has 0 aliphatic rings. The summed E-state index contributed by atoms with van der Waals surface area (Å²) in [6.45, 7) is 3.67. The summed E-state index contributed by atoms with van der Waals surface area (Å²) < 4.78 is 15.4. The zero-order valence-corrected chi connectivity index (χ0v) is 27.4. The first-order chi connectivity index (χ1) is 22.9. The summed E-state index contributed by atoms with van der Waals surface area (Å²) in [6.07, 6.45) is 0. The fourth-order valence-corrected chi connectivity index (χ4v) is 7.49. The Morgan fingerprint density at radius 2 is 0.766 bits per heavy atom. The fourth-order valence-electron chi connectivity index (χ4n) is 6.60. The molecule has 0 saturated heterocycles. The maximum Gasteiger partial charge on any atom is 0.109 e. The van der Waals surface area contributed by atoms with Crippen molar-refractivity contribution in [3.8, 4) is 50.2 Å². The molecule has 0 saturated carbocycles. The SMILES string of the molecule is CP(C)(=O)c1cccc(-n2c3ccc(-c4ccc(-c5ccccc5)cc4)cc3c3cc(-c4ccc(-c5ccccc5)cc4)ccc32)c1. The Labute approximate surface area is 276 Å². The maximum absolute atomic E-state index is 13.1. The molecular formula is C44H34NOP. The molecule has 0 amide bonds. The smallest absolute Gasteiger partial charge is 0.109 e. The highest BCUT2D eigenvalue weighted by molar-refractivity contribution is 7.70. The third kappa shape index (κ3) is 5.52. The van der Waals surface area contributed by atoms with E-state index >= 15 is 0 Å². The number of hydrogen-bond acceptors (Lipinski definition) is 1. The van der Waals surface area contributed by atoms with Crippen molar-refractivity contribution in [2.45, 2.75) is 0 Å². The summed E-state index contributed by atoms with van der Waals surface area (Å²) in [5.41, 5.74) is 12.8. The molecule has 3 heteroatoms. The van der Waals surface area contributed by atoms with Crippen molar-refractivity contribution in [3.63, 3.8) is 0 Å². The first-order valence-corrected chi connectivity index (χ1v) is 18.6. The lowest BCUT2D eigenvalue weighted by molar-refractivity contribution is 0.588. The largest absolute Gasteiger partial charge is 0.319 e. The van der Waals surface area contributed by atoms with Crippen LogP contribution in [0.15, 0.2) is 170 Å². The molecule has 0 radical (unpaired) electrons. The number of nitrogens with zero attached hydrogens (tertiary/aromatic N) is 1. The van der Waals surface area contributed by atoms with Crippen LogP contribution in [0.4, 0.5) is 0 Å². The number of hydrogen-bond donors (Lipinski definition) is 0. The van der Waals surface area contributed by atoms with Crippen LogP contribution in [0.1, 0.15) is 0 Å². The van der Waals surface area contributed by atoms with Gasteiger partial charge in [-0.05, 0) is 94.2 Å². The van der Waals surface area contributed by atoms with Crippen LogP contribution in [0.2, 0.25) is 0 Å². The third-order valence-electron chi connectivity index (χ3n) is 9.13. The van der Waals surface area contributed by atoms with Gasteiger partial charge in [-0.1, -0.05) is 133 Å². The van der Waals surface area contributed by atoms with E-state index in [1.807, 2.05) is 37.6 Å². The molecule has 0 aliphatic carbocycles. The first-order valence-electron chi connectivity index (χ1n) is 16.0. The van der Waals surface area contributed by atoms with Crippen LogP contribution in [0.5, 0.6) is 0 Å². The minimum Gasteiger partial charge on any atom is -0.319 e. The van der Waals surface area contributed by atoms with E-state index in [0.29, 0.717) is 0 Å². The van der Waals surface area contributed by atoms with Crippen molar-refractivity contribution >= 4 is 34.3 Å². The molecule has 0 fully saturated rings. The zero-order chi connectivity index (χ0) is 32.0. The van der Waals surface area contributed by atoms with E-state index in [1.54, 1.807) is 0 Å². The second-order valence-electron chi connectivity index (χ2n) is 12.6. The lowest BCUT2D eigenvalue weighted by Crippen LogP contribution is -2.05. The van der Waals surface area contributed by atoms with Crippen LogP contribution in [-0.4, -0.2) is 17.9 Å². The molecule has 0 aliphatic heterocycles. The molecule has 2 nitrogen and oxygen atoms in total. The van der Waals surface area contributed by atoms with E-state index in [9.17, 15) is 4.57 Å². The van der Waals surface area contributed by atoms with Crippen LogP contribution in [-0.2, 0) is 4.57 Å². The van der Waals surface area contributed by atoms with Gasteiger partial charge in [0.2, 0.25) is 0 Å². The van der Waals surface area contributed by atoms with Crippen LogP contribution in [0.25, 0.3) is 72.0 Å². The van der Waals surface area contributed by atoms with Gasteiger partial charge in [0.15, 0.2) is 0 Å². The predicted molar refractivity (Wildman–Crippen MR) is 202 cm³/mol. The van der Waals surface area contributed by atoms with Crippen molar-refractivity contribution in [3.05, 3.63) is 170 Å². The van der Waals surface area contributed by atoms with Gasteiger partial charge in [-0.3, -0.25) is 0 Å². The molecule has 1 heterocycles. The van der Waals surface area contributed by atoms with Crippen molar-refractivity contribution in [2.24, 2.45) is 0 Å². The van der Waals surface area contributed by atoms with Gasteiger partial charge in [-0.15, -0.1) is 0 Å². The predicted octanol–water partition coefficient (Wildman–Crippen LogP) is 11.7. The highest BCUT2D eigenvalue weighted by Crippen LogP contribution is 2.39. The van der Waals surface area contributed by atoms with Gasteiger partial charge in [-0.2, -0.15) is 0 Å². The van der Waals surface area contributed by atoms with E-state index in [1.165, 1.54) is 55.3 Å². The third-order valence-corrected chi connectivity index (χ3v) is 10.6. The first kappa shape index (κ1) is 29.0. The number of fused-ring (bicyclic) bond motifs is 3. The van der Waals surface area contributed by atoms with Gasteiger partial charge < -0.3 is 9.13 Å². The molecule has 0 unspecified atom stereocenters. The van der Waals surface area contributed by atoms with Gasteiger partial charge in [0.05, 0.1) is 11.0 Å². The zero-order valence-electron chi connectivity index (χ0n) is 26.5.